The Morgan fingerprint density at radius 1 is 1.09 bits per heavy atom. The van der Waals surface area contributed by atoms with Gasteiger partial charge in [0.25, 0.3) is 0 Å². The van der Waals surface area contributed by atoms with Crippen molar-refractivity contribution in [3.05, 3.63) is 101 Å². The number of pyridine rings is 1. The first-order chi connectivity index (χ1) is 16.2. The number of fused-ring (bicyclic) bond motifs is 1. The number of hydrogen-bond donors (Lipinski definition) is 0. The monoisotopic (exact) mass is 450 g/mol. The van der Waals surface area contributed by atoms with E-state index in [1.807, 2.05) is 60.8 Å². The Balaban J connectivity index is 1.62. The quantitative estimate of drug-likeness (QED) is 0.322. The Morgan fingerprint density at radius 3 is 2.64 bits per heavy atom. The summed E-state index contributed by atoms with van der Waals surface area (Å²) in [4.78, 5) is 19.1. The summed E-state index contributed by atoms with van der Waals surface area (Å²) in [6, 6.07) is 24.6. The Morgan fingerprint density at radius 2 is 1.88 bits per heavy atom. The van der Waals surface area contributed by atoms with Crippen molar-refractivity contribution in [2.45, 2.75) is 13.5 Å². The second kappa shape index (κ2) is 8.69. The molecule has 0 aliphatic heterocycles. The summed E-state index contributed by atoms with van der Waals surface area (Å²) in [5.74, 6) is -0.483. The maximum atomic E-state index is 13.3. The molecule has 0 unspecified atom stereocenters. The van der Waals surface area contributed by atoms with Crippen molar-refractivity contribution in [3.8, 4) is 22.3 Å². The van der Waals surface area contributed by atoms with E-state index in [0.29, 0.717) is 39.1 Å². The van der Waals surface area contributed by atoms with Crippen molar-refractivity contribution in [2.75, 3.05) is 0 Å². The van der Waals surface area contributed by atoms with Crippen molar-refractivity contribution in [3.63, 3.8) is 0 Å². The molecule has 7 heteroatoms. The average molecular weight is 451 g/mol. The van der Waals surface area contributed by atoms with Crippen molar-refractivity contribution < 1.29 is 9.53 Å². The standard InChI is InChI=1S/C26H18N4O2S/c1-17-24-21(26(31)32-16-19-9-6-5-8-18(19)15-27)14-22(23-12-7-13-33-23)28-25(24)30(29-17)20-10-3-2-4-11-20/h2-14H,16H2,1H3. The van der Waals surface area contributed by atoms with Gasteiger partial charge in [-0.2, -0.15) is 10.4 Å². The lowest BCUT2D eigenvalue weighted by Gasteiger charge is -2.10. The number of carbonyl (C=O) groups excluding carboxylic acids is 1. The third-order valence-electron chi connectivity index (χ3n) is 5.30. The van der Waals surface area contributed by atoms with Gasteiger partial charge in [0.05, 0.1) is 44.5 Å². The highest BCUT2D eigenvalue weighted by atomic mass is 32.1. The molecule has 5 aromatic rings. The number of hydrogen-bond acceptors (Lipinski definition) is 6. The van der Waals surface area contributed by atoms with E-state index in [2.05, 4.69) is 11.2 Å². The number of esters is 1. The lowest BCUT2D eigenvalue weighted by atomic mass is 10.1. The van der Waals surface area contributed by atoms with Crippen LogP contribution >= 0.6 is 11.3 Å². The smallest absolute Gasteiger partial charge is 0.339 e. The van der Waals surface area contributed by atoms with E-state index in [4.69, 9.17) is 9.72 Å². The van der Waals surface area contributed by atoms with Gasteiger partial charge >= 0.3 is 5.97 Å². The van der Waals surface area contributed by atoms with Gasteiger partial charge in [0.1, 0.15) is 6.61 Å². The molecule has 0 N–H and O–H groups in total. The fourth-order valence-corrected chi connectivity index (χ4v) is 4.41. The number of thiophene rings is 1. The molecule has 0 aliphatic rings. The Bertz CT molecular complexity index is 1500. The van der Waals surface area contributed by atoms with Crippen molar-refractivity contribution in [1.29, 1.82) is 5.26 Å². The predicted molar refractivity (Wildman–Crippen MR) is 127 cm³/mol. The zero-order valence-electron chi connectivity index (χ0n) is 17.7. The summed E-state index contributed by atoms with van der Waals surface area (Å²) in [5, 5.41) is 16.6. The summed E-state index contributed by atoms with van der Waals surface area (Å²) in [7, 11) is 0. The molecular formula is C26H18N4O2S. The highest BCUT2D eigenvalue weighted by Crippen LogP contribution is 2.31. The Kier molecular flexibility index (Phi) is 5.43. The Hall–Kier alpha value is -4.28. The van der Waals surface area contributed by atoms with E-state index < -0.39 is 5.97 Å². The predicted octanol–water partition coefficient (Wildman–Crippen LogP) is 5.69. The molecule has 2 aromatic carbocycles. The number of benzene rings is 2. The van der Waals surface area contributed by atoms with Gasteiger partial charge in [0.2, 0.25) is 0 Å². The van der Waals surface area contributed by atoms with Crippen molar-refractivity contribution >= 4 is 28.3 Å². The van der Waals surface area contributed by atoms with Crippen LogP contribution in [0, 0.1) is 18.3 Å². The zero-order chi connectivity index (χ0) is 22.8. The highest BCUT2D eigenvalue weighted by Gasteiger charge is 2.22. The third kappa shape index (κ3) is 3.88. The molecule has 0 atom stereocenters. The van der Waals surface area contributed by atoms with E-state index in [0.717, 1.165) is 10.6 Å². The Labute approximate surface area is 194 Å². The molecule has 6 nitrogen and oxygen atoms in total. The van der Waals surface area contributed by atoms with E-state index in [-0.39, 0.29) is 6.61 Å². The molecule has 0 radical (unpaired) electrons. The fourth-order valence-electron chi connectivity index (χ4n) is 3.73. The molecule has 0 fully saturated rings. The lowest BCUT2D eigenvalue weighted by Crippen LogP contribution is -2.08. The van der Waals surface area contributed by atoms with E-state index in [1.165, 1.54) is 0 Å². The first-order valence-corrected chi connectivity index (χ1v) is 11.2. The number of rotatable bonds is 5. The van der Waals surface area contributed by atoms with Crippen LogP contribution in [0.3, 0.4) is 0 Å². The zero-order valence-corrected chi connectivity index (χ0v) is 18.5. The van der Waals surface area contributed by atoms with Gasteiger partial charge in [-0.3, -0.25) is 0 Å². The maximum Gasteiger partial charge on any atom is 0.339 e. The van der Waals surface area contributed by atoms with Crippen LogP contribution in [-0.2, 0) is 11.3 Å². The van der Waals surface area contributed by atoms with Crippen LogP contribution < -0.4 is 0 Å². The molecule has 0 spiro atoms. The molecule has 33 heavy (non-hydrogen) atoms. The van der Waals surface area contributed by atoms with Crippen LogP contribution in [0.2, 0.25) is 0 Å². The molecule has 3 heterocycles. The van der Waals surface area contributed by atoms with Crippen molar-refractivity contribution in [1.82, 2.24) is 14.8 Å². The van der Waals surface area contributed by atoms with Gasteiger partial charge in [-0.05, 0) is 42.6 Å². The largest absolute Gasteiger partial charge is 0.457 e. The van der Waals surface area contributed by atoms with Crippen LogP contribution in [-0.4, -0.2) is 20.7 Å². The minimum absolute atomic E-state index is 0.00654. The van der Waals surface area contributed by atoms with Gasteiger partial charge in [0, 0.05) is 5.56 Å². The van der Waals surface area contributed by atoms with Crippen LogP contribution in [0.15, 0.2) is 78.2 Å². The number of aromatic nitrogens is 3. The maximum absolute atomic E-state index is 13.3. The molecule has 5 rings (SSSR count). The average Bonchev–Trinajstić information content (AvgIpc) is 3.51. The van der Waals surface area contributed by atoms with Crippen LogP contribution in [0.25, 0.3) is 27.3 Å². The summed E-state index contributed by atoms with van der Waals surface area (Å²) < 4.78 is 7.41. The first-order valence-electron chi connectivity index (χ1n) is 10.3. The van der Waals surface area contributed by atoms with Gasteiger partial charge in [-0.25, -0.2) is 14.5 Å². The molecule has 3 aromatic heterocycles. The SMILES string of the molecule is Cc1nn(-c2ccccc2)c2nc(-c3cccs3)cc(C(=O)OCc3ccccc3C#N)c12. The summed E-state index contributed by atoms with van der Waals surface area (Å²) in [5.41, 5.74) is 4.36. The third-order valence-corrected chi connectivity index (χ3v) is 6.20. The number of carbonyl (C=O) groups is 1. The summed E-state index contributed by atoms with van der Waals surface area (Å²) in [6.07, 6.45) is 0. The number of nitriles is 1. The molecule has 0 aliphatic carbocycles. The second-order valence-corrected chi connectivity index (χ2v) is 8.36. The lowest BCUT2D eigenvalue weighted by molar-refractivity contribution is 0.0474. The highest BCUT2D eigenvalue weighted by molar-refractivity contribution is 7.13. The molecule has 160 valence electrons. The number of para-hydroxylation sites is 1. The summed E-state index contributed by atoms with van der Waals surface area (Å²) in [6.45, 7) is 1.86. The van der Waals surface area contributed by atoms with E-state index >= 15 is 0 Å². The minimum atomic E-state index is -0.483. The molecule has 0 amide bonds. The fraction of sp³-hybridized carbons (Fsp3) is 0.0769. The molecule has 0 bridgehead atoms. The minimum Gasteiger partial charge on any atom is -0.457 e. The van der Waals surface area contributed by atoms with Crippen LogP contribution in [0.5, 0.6) is 0 Å². The van der Waals surface area contributed by atoms with Gasteiger partial charge in [-0.1, -0.05) is 42.5 Å². The molecular weight excluding hydrogens is 432 g/mol. The van der Waals surface area contributed by atoms with Crippen molar-refractivity contribution in [2.24, 2.45) is 0 Å². The number of nitrogens with zero attached hydrogens (tertiary/aromatic N) is 4. The first kappa shape index (κ1) is 20.6. The molecule has 0 saturated carbocycles. The molecule has 0 saturated heterocycles. The number of ether oxygens (including phenoxy) is 1. The second-order valence-electron chi connectivity index (χ2n) is 7.41. The topological polar surface area (TPSA) is 80.8 Å². The van der Waals surface area contributed by atoms with E-state index in [9.17, 15) is 10.1 Å². The van der Waals surface area contributed by atoms with Gasteiger partial charge in [-0.15, -0.1) is 11.3 Å². The normalized spacial score (nSPS) is 10.8. The van der Waals surface area contributed by atoms with Crippen LogP contribution in [0.4, 0.5) is 0 Å². The number of aryl methyl sites for hydroxylation is 1. The van der Waals surface area contributed by atoms with Crippen LogP contribution in [0.1, 0.15) is 27.2 Å². The van der Waals surface area contributed by atoms with E-state index in [1.54, 1.807) is 40.3 Å². The summed E-state index contributed by atoms with van der Waals surface area (Å²) >= 11 is 1.55. The van der Waals surface area contributed by atoms with Gasteiger partial charge < -0.3 is 4.74 Å². The van der Waals surface area contributed by atoms with Gasteiger partial charge in [0.15, 0.2) is 5.65 Å².